The van der Waals surface area contributed by atoms with Gasteiger partial charge in [0.15, 0.2) is 0 Å². The van der Waals surface area contributed by atoms with Crippen molar-refractivity contribution < 1.29 is 0 Å². The molecule has 1 saturated heterocycles. The van der Waals surface area contributed by atoms with Crippen molar-refractivity contribution in [2.24, 2.45) is 17.6 Å². The largest absolute Gasteiger partial charge is 0.338 e. The predicted molar refractivity (Wildman–Crippen MR) is 64.8 cm³/mol. The highest BCUT2D eigenvalue weighted by Crippen LogP contribution is 2.62. The maximum atomic E-state index is 5.91. The molecule has 3 aliphatic rings. The van der Waals surface area contributed by atoms with E-state index in [9.17, 15) is 0 Å². The highest BCUT2D eigenvalue weighted by Gasteiger charge is 2.55. The Bertz CT molecular complexity index is 402. The van der Waals surface area contributed by atoms with E-state index >= 15 is 0 Å². The first kappa shape index (κ1) is 9.88. The van der Waals surface area contributed by atoms with Crippen LogP contribution in [0.25, 0.3) is 0 Å². The number of rotatable bonds is 2. The smallest absolute Gasteiger partial charge is 0.244 e. The maximum absolute atomic E-state index is 5.91. The van der Waals surface area contributed by atoms with E-state index in [1.165, 1.54) is 19.3 Å². The number of hydrogen-bond acceptors (Lipinski definition) is 4. The van der Waals surface area contributed by atoms with Gasteiger partial charge in [-0.05, 0) is 31.1 Å². The molecule has 0 spiro atoms. The van der Waals surface area contributed by atoms with E-state index in [1.807, 2.05) is 0 Å². The summed E-state index contributed by atoms with van der Waals surface area (Å²) in [6.07, 6.45) is 5.24. The molecule has 0 bridgehead atoms. The van der Waals surface area contributed by atoms with Crippen LogP contribution >= 0.6 is 0 Å². The van der Waals surface area contributed by atoms with Crippen LogP contribution in [0.5, 0.6) is 0 Å². The fourth-order valence-electron chi connectivity index (χ4n) is 3.75. The molecule has 17 heavy (non-hydrogen) atoms. The Morgan fingerprint density at radius 3 is 2.76 bits per heavy atom. The van der Waals surface area contributed by atoms with Crippen molar-refractivity contribution in [1.82, 2.24) is 15.2 Å². The van der Waals surface area contributed by atoms with Crippen molar-refractivity contribution in [3.8, 4) is 0 Å². The lowest BCUT2D eigenvalue weighted by atomic mass is 10.1. The number of nitrogens with two attached hydrogens (primary N) is 1. The zero-order valence-electron chi connectivity index (χ0n) is 9.97. The lowest BCUT2D eigenvalue weighted by Crippen LogP contribution is -2.27. The average molecular weight is 233 g/mol. The van der Waals surface area contributed by atoms with Gasteiger partial charge in [-0.25, -0.2) is 0 Å². The van der Waals surface area contributed by atoms with Crippen LogP contribution in [0.2, 0.25) is 0 Å². The highest BCUT2D eigenvalue weighted by atomic mass is 15.4. The number of anilines is 1. The number of nitrogens with zero attached hydrogens (tertiary/aromatic N) is 3. The van der Waals surface area contributed by atoms with Gasteiger partial charge in [-0.2, -0.15) is 4.98 Å². The Kier molecular flexibility index (Phi) is 2.00. The fraction of sp³-hybridized carbons (Fsp3) is 0.833. The molecule has 3 atom stereocenters. The molecule has 0 amide bonds. The van der Waals surface area contributed by atoms with Crippen LogP contribution in [0.4, 0.5) is 5.95 Å². The molecule has 2 aliphatic carbocycles. The standard InChI is InChI=1S/C12H19N5/c13-7-4-5-17(6-7)12-14-11(15-16-12)10-8-2-1-3-9(8)10/h7-10H,1-6,13H2,(H,14,15,16). The number of aromatic nitrogens is 3. The van der Waals surface area contributed by atoms with Crippen molar-refractivity contribution in [1.29, 1.82) is 0 Å². The van der Waals surface area contributed by atoms with E-state index in [0.717, 1.165) is 43.1 Å². The van der Waals surface area contributed by atoms with Gasteiger partial charge >= 0.3 is 0 Å². The molecule has 1 aliphatic heterocycles. The summed E-state index contributed by atoms with van der Waals surface area (Å²) in [5.41, 5.74) is 5.91. The Morgan fingerprint density at radius 1 is 1.24 bits per heavy atom. The summed E-state index contributed by atoms with van der Waals surface area (Å²) < 4.78 is 0. The van der Waals surface area contributed by atoms with Gasteiger partial charge in [0.1, 0.15) is 5.82 Å². The molecule has 3 unspecified atom stereocenters. The first-order valence-corrected chi connectivity index (χ1v) is 6.76. The molecule has 3 N–H and O–H groups in total. The maximum Gasteiger partial charge on any atom is 0.244 e. The summed E-state index contributed by atoms with van der Waals surface area (Å²) in [5.74, 6) is 4.46. The monoisotopic (exact) mass is 233 g/mol. The number of nitrogens with one attached hydrogen (secondary N) is 1. The Morgan fingerprint density at radius 2 is 2.06 bits per heavy atom. The van der Waals surface area contributed by atoms with Crippen molar-refractivity contribution in [2.75, 3.05) is 18.0 Å². The van der Waals surface area contributed by atoms with E-state index in [1.54, 1.807) is 0 Å². The molecule has 3 fully saturated rings. The molecule has 1 aromatic heterocycles. The Hall–Kier alpha value is -1.10. The van der Waals surface area contributed by atoms with Crippen LogP contribution in [0.3, 0.4) is 0 Å². The van der Waals surface area contributed by atoms with E-state index in [2.05, 4.69) is 20.1 Å². The van der Waals surface area contributed by atoms with Crippen molar-refractivity contribution >= 4 is 5.95 Å². The van der Waals surface area contributed by atoms with E-state index < -0.39 is 0 Å². The molecule has 5 nitrogen and oxygen atoms in total. The summed E-state index contributed by atoms with van der Waals surface area (Å²) in [4.78, 5) is 6.87. The van der Waals surface area contributed by atoms with Gasteiger partial charge in [0.25, 0.3) is 0 Å². The van der Waals surface area contributed by atoms with Crippen molar-refractivity contribution in [3.63, 3.8) is 0 Å². The molecular weight excluding hydrogens is 214 g/mol. The second-order valence-corrected chi connectivity index (χ2v) is 5.80. The Labute approximate surface area is 101 Å². The van der Waals surface area contributed by atoms with Crippen molar-refractivity contribution in [3.05, 3.63) is 5.82 Å². The van der Waals surface area contributed by atoms with E-state index in [-0.39, 0.29) is 6.04 Å². The summed E-state index contributed by atoms with van der Waals surface area (Å²) in [7, 11) is 0. The minimum atomic E-state index is 0.289. The molecule has 4 rings (SSSR count). The molecule has 2 heterocycles. The molecule has 5 heteroatoms. The zero-order chi connectivity index (χ0) is 11.4. The summed E-state index contributed by atoms with van der Waals surface area (Å²) in [5, 5.41) is 7.50. The third kappa shape index (κ3) is 1.48. The Balaban J connectivity index is 1.50. The fourth-order valence-corrected chi connectivity index (χ4v) is 3.75. The molecule has 2 saturated carbocycles. The van der Waals surface area contributed by atoms with Crippen molar-refractivity contribution in [2.45, 2.75) is 37.6 Å². The van der Waals surface area contributed by atoms with Gasteiger partial charge in [-0.15, -0.1) is 5.10 Å². The molecule has 92 valence electrons. The molecular formula is C12H19N5. The van der Waals surface area contributed by atoms with Gasteiger partial charge in [0.05, 0.1) is 0 Å². The second kappa shape index (κ2) is 3.45. The van der Waals surface area contributed by atoms with E-state index in [4.69, 9.17) is 5.73 Å². The lowest BCUT2D eigenvalue weighted by molar-refractivity contribution is 0.659. The van der Waals surface area contributed by atoms with Gasteiger partial charge in [-0.3, -0.25) is 5.10 Å². The number of hydrogen-bond donors (Lipinski definition) is 2. The molecule has 0 radical (unpaired) electrons. The van der Waals surface area contributed by atoms with Crippen LogP contribution in [0, 0.1) is 11.8 Å². The normalized spacial score (nSPS) is 39.7. The highest BCUT2D eigenvalue weighted by molar-refractivity contribution is 5.33. The predicted octanol–water partition coefficient (Wildman–Crippen LogP) is 0.856. The number of H-pyrrole nitrogens is 1. The van der Waals surface area contributed by atoms with Crippen LogP contribution in [-0.2, 0) is 0 Å². The number of aromatic amines is 1. The summed E-state index contributed by atoms with van der Waals surface area (Å²) in [6, 6.07) is 0.289. The van der Waals surface area contributed by atoms with Gasteiger partial charge in [-0.1, -0.05) is 6.42 Å². The summed E-state index contributed by atoms with van der Waals surface area (Å²) >= 11 is 0. The number of fused-ring (bicyclic) bond motifs is 1. The van der Waals surface area contributed by atoms with E-state index in [0.29, 0.717) is 5.92 Å². The molecule has 1 aromatic rings. The summed E-state index contributed by atoms with van der Waals surface area (Å²) in [6.45, 7) is 1.89. The van der Waals surface area contributed by atoms with Gasteiger partial charge in [0.2, 0.25) is 5.95 Å². The first-order valence-electron chi connectivity index (χ1n) is 6.76. The average Bonchev–Trinajstić information content (AvgIpc) is 2.83. The first-order chi connectivity index (χ1) is 8.33. The van der Waals surface area contributed by atoms with Gasteiger partial charge in [0, 0.05) is 25.0 Å². The van der Waals surface area contributed by atoms with Crippen LogP contribution in [0.15, 0.2) is 0 Å². The topological polar surface area (TPSA) is 70.8 Å². The van der Waals surface area contributed by atoms with Gasteiger partial charge < -0.3 is 10.6 Å². The molecule has 0 aromatic carbocycles. The minimum absolute atomic E-state index is 0.289. The SMILES string of the molecule is NC1CCN(c2n[nH]c(C3C4CCCC43)n2)C1. The second-order valence-electron chi connectivity index (χ2n) is 5.80. The lowest BCUT2D eigenvalue weighted by Gasteiger charge is -2.11. The zero-order valence-corrected chi connectivity index (χ0v) is 9.97. The van der Waals surface area contributed by atoms with Crippen LogP contribution in [-0.4, -0.2) is 34.3 Å². The minimum Gasteiger partial charge on any atom is -0.338 e. The van der Waals surface area contributed by atoms with Crippen LogP contribution in [0.1, 0.15) is 37.4 Å². The van der Waals surface area contributed by atoms with Crippen LogP contribution < -0.4 is 10.6 Å². The third-order valence-electron chi connectivity index (χ3n) is 4.72. The quantitative estimate of drug-likeness (QED) is 0.794. The third-order valence-corrected chi connectivity index (χ3v) is 4.72.